The standard InChI is InChI=1S/C13H17N2O/c1-11-10-14(12(2)16)8-9-15(11)13-6-4-3-5-7-13/h3-4,6-7,11H,8-10H2,1-2H3/t11-/m1/s1. The van der Waals surface area contributed by atoms with E-state index in [9.17, 15) is 4.79 Å². The number of nitrogens with zero attached hydrogens (tertiary/aromatic N) is 2. The Labute approximate surface area is 96.7 Å². The Kier molecular flexibility index (Phi) is 3.13. The molecule has 0 aromatic heterocycles. The Morgan fingerprint density at radius 2 is 2.31 bits per heavy atom. The topological polar surface area (TPSA) is 23.6 Å². The van der Waals surface area contributed by atoms with Crippen molar-refractivity contribution in [2.24, 2.45) is 0 Å². The molecular formula is C13H17N2O. The lowest BCUT2D eigenvalue weighted by Gasteiger charge is -2.40. The summed E-state index contributed by atoms with van der Waals surface area (Å²) in [6.45, 7) is 6.32. The summed E-state index contributed by atoms with van der Waals surface area (Å²) in [7, 11) is 0. The zero-order chi connectivity index (χ0) is 11.5. The molecule has 1 aliphatic rings. The van der Waals surface area contributed by atoms with Crippen LogP contribution in [0, 0.1) is 6.07 Å². The van der Waals surface area contributed by atoms with Crippen molar-refractivity contribution in [3.05, 3.63) is 30.3 Å². The first kappa shape index (κ1) is 11.0. The largest absolute Gasteiger partial charge is 0.365 e. The van der Waals surface area contributed by atoms with Gasteiger partial charge in [0.25, 0.3) is 0 Å². The van der Waals surface area contributed by atoms with Crippen molar-refractivity contribution in [2.45, 2.75) is 19.9 Å². The van der Waals surface area contributed by atoms with E-state index < -0.39 is 0 Å². The third-order valence-corrected chi connectivity index (χ3v) is 3.10. The minimum atomic E-state index is 0.172. The Morgan fingerprint density at radius 1 is 1.50 bits per heavy atom. The fourth-order valence-electron chi connectivity index (χ4n) is 2.19. The van der Waals surface area contributed by atoms with Crippen LogP contribution in [0.5, 0.6) is 0 Å². The third kappa shape index (κ3) is 2.18. The van der Waals surface area contributed by atoms with Gasteiger partial charge in [-0.15, -0.1) is 0 Å². The molecule has 1 aliphatic heterocycles. The van der Waals surface area contributed by atoms with E-state index in [4.69, 9.17) is 0 Å². The molecular weight excluding hydrogens is 200 g/mol. The average Bonchev–Trinajstić information content (AvgIpc) is 2.30. The van der Waals surface area contributed by atoms with Crippen LogP contribution in [0.25, 0.3) is 0 Å². The highest BCUT2D eigenvalue weighted by Gasteiger charge is 2.24. The number of anilines is 1. The highest BCUT2D eigenvalue weighted by Crippen LogP contribution is 2.19. The zero-order valence-electron chi connectivity index (χ0n) is 9.81. The molecule has 0 bridgehead atoms. The van der Waals surface area contributed by atoms with E-state index in [1.165, 1.54) is 5.69 Å². The Morgan fingerprint density at radius 3 is 2.88 bits per heavy atom. The van der Waals surface area contributed by atoms with Gasteiger partial charge < -0.3 is 9.80 Å². The molecule has 0 unspecified atom stereocenters. The molecule has 2 rings (SSSR count). The molecule has 1 amide bonds. The van der Waals surface area contributed by atoms with Gasteiger partial charge in [0.2, 0.25) is 5.91 Å². The van der Waals surface area contributed by atoms with E-state index in [2.05, 4.69) is 24.0 Å². The number of benzene rings is 1. The first-order chi connectivity index (χ1) is 7.68. The minimum absolute atomic E-state index is 0.172. The molecule has 1 saturated heterocycles. The Bertz CT molecular complexity index is 363. The van der Waals surface area contributed by atoms with E-state index >= 15 is 0 Å². The van der Waals surface area contributed by atoms with Crippen LogP contribution in [0.2, 0.25) is 0 Å². The van der Waals surface area contributed by atoms with Crippen LogP contribution in [0.1, 0.15) is 13.8 Å². The summed E-state index contributed by atoms with van der Waals surface area (Å²) in [5, 5.41) is 0. The second-order valence-electron chi connectivity index (χ2n) is 4.27. The van der Waals surface area contributed by atoms with Crippen molar-refractivity contribution < 1.29 is 4.79 Å². The van der Waals surface area contributed by atoms with Crippen molar-refractivity contribution in [3.63, 3.8) is 0 Å². The van der Waals surface area contributed by atoms with Crippen LogP contribution >= 0.6 is 0 Å². The maximum absolute atomic E-state index is 11.3. The SMILES string of the molecule is CC(=O)N1CCN(c2c[c]ccc2)[C@H](C)C1. The quantitative estimate of drug-likeness (QED) is 0.712. The lowest BCUT2D eigenvalue weighted by molar-refractivity contribution is -0.129. The molecule has 85 valence electrons. The first-order valence-corrected chi connectivity index (χ1v) is 5.67. The van der Waals surface area contributed by atoms with E-state index in [0.717, 1.165) is 19.6 Å². The summed E-state index contributed by atoms with van der Waals surface area (Å²) in [5.74, 6) is 0.172. The van der Waals surface area contributed by atoms with Crippen molar-refractivity contribution in [3.8, 4) is 0 Å². The van der Waals surface area contributed by atoms with Gasteiger partial charge in [0.05, 0.1) is 0 Å². The van der Waals surface area contributed by atoms with Gasteiger partial charge in [-0.3, -0.25) is 4.79 Å². The van der Waals surface area contributed by atoms with Gasteiger partial charge >= 0.3 is 0 Å². The first-order valence-electron chi connectivity index (χ1n) is 5.67. The van der Waals surface area contributed by atoms with Gasteiger partial charge in [-0.05, 0) is 25.1 Å². The van der Waals surface area contributed by atoms with Gasteiger partial charge in [-0.2, -0.15) is 0 Å². The normalized spacial score (nSPS) is 21.0. The number of hydrogen-bond donors (Lipinski definition) is 0. The molecule has 1 fully saturated rings. The van der Waals surface area contributed by atoms with E-state index in [1.807, 2.05) is 23.1 Å². The molecule has 16 heavy (non-hydrogen) atoms. The van der Waals surface area contributed by atoms with E-state index in [-0.39, 0.29) is 5.91 Å². The van der Waals surface area contributed by atoms with Crippen LogP contribution in [-0.2, 0) is 4.79 Å². The van der Waals surface area contributed by atoms with Crippen LogP contribution < -0.4 is 4.90 Å². The van der Waals surface area contributed by atoms with Crippen LogP contribution in [0.3, 0.4) is 0 Å². The molecule has 0 spiro atoms. The van der Waals surface area contributed by atoms with Crippen LogP contribution in [-0.4, -0.2) is 36.5 Å². The van der Waals surface area contributed by atoms with Gasteiger partial charge in [0.15, 0.2) is 0 Å². The molecule has 1 aromatic rings. The fraction of sp³-hybridized carbons (Fsp3) is 0.462. The maximum atomic E-state index is 11.3. The number of amides is 1. The molecule has 1 aromatic carbocycles. The van der Waals surface area contributed by atoms with Crippen molar-refractivity contribution >= 4 is 11.6 Å². The summed E-state index contributed by atoms with van der Waals surface area (Å²) in [6.07, 6.45) is 0. The number of carbonyl (C=O) groups excluding carboxylic acids is 1. The second-order valence-corrected chi connectivity index (χ2v) is 4.27. The number of piperazine rings is 1. The van der Waals surface area contributed by atoms with Gasteiger partial charge in [0, 0.05) is 38.3 Å². The number of carbonyl (C=O) groups is 1. The molecule has 0 aliphatic carbocycles. The average molecular weight is 217 g/mol. The minimum Gasteiger partial charge on any atom is -0.365 e. The molecule has 0 N–H and O–H groups in total. The Hall–Kier alpha value is -1.51. The van der Waals surface area contributed by atoms with Gasteiger partial charge in [-0.25, -0.2) is 0 Å². The third-order valence-electron chi connectivity index (χ3n) is 3.10. The summed E-state index contributed by atoms with van der Waals surface area (Å²) >= 11 is 0. The summed E-state index contributed by atoms with van der Waals surface area (Å²) in [4.78, 5) is 15.5. The molecule has 0 saturated carbocycles. The predicted molar refractivity (Wildman–Crippen MR) is 64.3 cm³/mol. The molecule has 1 heterocycles. The zero-order valence-corrected chi connectivity index (χ0v) is 9.81. The predicted octanol–water partition coefficient (Wildman–Crippen LogP) is 1.54. The van der Waals surface area contributed by atoms with Crippen molar-refractivity contribution in [1.82, 2.24) is 4.90 Å². The summed E-state index contributed by atoms with van der Waals surface area (Å²) < 4.78 is 0. The summed E-state index contributed by atoms with van der Waals surface area (Å²) in [6, 6.07) is 11.5. The van der Waals surface area contributed by atoms with E-state index in [1.54, 1.807) is 6.92 Å². The van der Waals surface area contributed by atoms with Crippen LogP contribution in [0.4, 0.5) is 5.69 Å². The van der Waals surface area contributed by atoms with E-state index in [0.29, 0.717) is 6.04 Å². The number of hydrogen-bond acceptors (Lipinski definition) is 2. The van der Waals surface area contributed by atoms with Crippen molar-refractivity contribution in [1.29, 1.82) is 0 Å². The monoisotopic (exact) mass is 217 g/mol. The highest BCUT2D eigenvalue weighted by molar-refractivity contribution is 5.73. The van der Waals surface area contributed by atoms with Crippen LogP contribution in [0.15, 0.2) is 24.3 Å². The Balaban J connectivity index is 2.08. The molecule has 3 nitrogen and oxygen atoms in total. The summed E-state index contributed by atoms with van der Waals surface area (Å²) in [5.41, 5.74) is 1.19. The number of rotatable bonds is 1. The van der Waals surface area contributed by atoms with Crippen molar-refractivity contribution in [2.75, 3.05) is 24.5 Å². The van der Waals surface area contributed by atoms with Gasteiger partial charge in [-0.1, -0.05) is 12.1 Å². The molecule has 3 heteroatoms. The molecule has 1 radical (unpaired) electrons. The smallest absolute Gasteiger partial charge is 0.219 e. The molecule has 1 atom stereocenters. The lowest BCUT2D eigenvalue weighted by atomic mass is 10.1. The highest BCUT2D eigenvalue weighted by atomic mass is 16.2. The second kappa shape index (κ2) is 4.56. The van der Waals surface area contributed by atoms with Gasteiger partial charge in [0.1, 0.15) is 0 Å². The maximum Gasteiger partial charge on any atom is 0.219 e. The lowest BCUT2D eigenvalue weighted by Crippen LogP contribution is -2.53. The fourth-order valence-corrected chi connectivity index (χ4v) is 2.19.